The minimum Gasteiger partial charge on any atom is -0.493 e. The topological polar surface area (TPSA) is 62.8 Å². The van der Waals surface area contributed by atoms with Crippen molar-refractivity contribution in [1.82, 2.24) is 10.6 Å². The second-order valence-corrected chi connectivity index (χ2v) is 4.19. The van der Waals surface area contributed by atoms with E-state index in [1.54, 1.807) is 7.11 Å². The standard InChI is InChI=1S/C14H24N2O3/c1-15-6-3-7-16-11-12-4-5-13(19-9-8-17)14(10-12)18-2/h4-5,10,15-17H,3,6-9,11H2,1-2H3. The molecule has 1 aromatic rings. The van der Waals surface area contributed by atoms with Gasteiger partial charge in [-0.15, -0.1) is 0 Å². The van der Waals surface area contributed by atoms with Gasteiger partial charge in [0.05, 0.1) is 13.7 Å². The van der Waals surface area contributed by atoms with Gasteiger partial charge in [-0.05, 0) is 44.3 Å². The number of hydrogen-bond acceptors (Lipinski definition) is 5. The Balaban J connectivity index is 2.46. The minimum absolute atomic E-state index is 0.00206. The number of methoxy groups -OCH3 is 1. The van der Waals surface area contributed by atoms with Crippen molar-refractivity contribution in [3.8, 4) is 11.5 Å². The zero-order chi connectivity index (χ0) is 13.9. The van der Waals surface area contributed by atoms with Crippen LogP contribution in [0.3, 0.4) is 0 Å². The van der Waals surface area contributed by atoms with Gasteiger partial charge in [0.1, 0.15) is 6.61 Å². The zero-order valence-electron chi connectivity index (χ0n) is 11.7. The summed E-state index contributed by atoms with van der Waals surface area (Å²) in [6.45, 7) is 3.08. The molecule has 0 atom stereocenters. The Morgan fingerprint density at radius 2 is 2.05 bits per heavy atom. The van der Waals surface area contributed by atoms with Gasteiger partial charge in [-0.2, -0.15) is 0 Å². The molecule has 0 saturated heterocycles. The van der Waals surface area contributed by atoms with Crippen molar-refractivity contribution in [2.75, 3.05) is 40.5 Å². The summed E-state index contributed by atoms with van der Waals surface area (Å²) in [6, 6.07) is 5.83. The summed E-state index contributed by atoms with van der Waals surface area (Å²) in [5.41, 5.74) is 1.15. The number of aliphatic hydroxyl groups excluding tert-OH is 1. The monoisotopic (exact) mass is 268 g/mol. The number of rotatable bonds is 10. The van der Waals surface area contributed by atoms with Crippen LogP contribution in [0.15, 0.2) is 18.2 Å². The lowest BCUT2D eigenvalue weighted by atomic mass is 10.2. The molecule has 108 valence electrons. The van der Waals surface area contributed by atoms with Gasteiger partial charge in [-0.25, -0.2) is 0 Å². The van der Waals surface area contributed by atoms with Crippen molar-refractivity contribution in [2.24, 2.45) is 0 Å². The van der Waals surface area contributed by atoms with Crippen molar-refractivity contribution < 1.29 is 14.6 Å². The van der Waals surface area contributed by atoms with Crippen LogP contribution < -0.4 is 20.1 Å². The van der Waals surface area contributed by atoms with Crippen LogP contribution in [-0.2, 0) is 6.54 Å². The van der Waals surface area contributed by atoms with E-state index in [2.05, 4.69) is 10.6 Å². The molecule has 0 heterocycles. The Kier molecular flexibility index (Phi) is 7.97. The van der Waals surface area contributed by atoms with E-state index in [0.717, 1.165) is 31.6 Å². The second kappa shape index (κ2) is 9.61. The van der Waals surface area contributed by atoms with E-state index in [-0.39, 0.29) is 13.2 Å². The largest absolute Gasteiger partial charge is 0.493 e. The van der Waals surface area contributed by atoms with Crippen LogP contribution in [0.1, 0.15) is 12.0 Å². The maximum atomic E-state index is 8.75. The maximum absolute atomic E-state index is 8.75. The van der Waals surface area contributed by atoms with Gasteiger partial charge in [-0.1, -0.05) is 6.07 Å². The van der Waals surface area contributed by atoms with E-state index in [0.29, 0.717) is 11.5 Å². The Bertz CT molecular complexity index is 359. The van der Waals surface area contributed by atoms with Crippen LogP contribution in [0.25, 0.3) is 0 Å². The molecule has 0 fully saturated rings. The highest BCUT2D eigenvalue weighted by molar-refractivity contribution is 5.42. The summed E-state index contributed by atoms with van der Waals surface area (Å²) in [6.07, 6.45) is 1.10. The Labute approximate surface area is 114 Å². The molecule has 0 aromatic heterocycles. The molecule has 1 rings (SSSR count). The third kappa shape index (κ3) is 5.92. The Morgan fingerprint density at radius 1 is 1.21 bits per heavy atom. The van der Waals surface area contributed by atoms with Gasteiger partial charge in [-0.3, -0.25) is 0 Å². The van der Waals surface area contributed by atoms with Crippen LogP contribution in [-0.4, -0.2) is 45.6 Å². The van der Waals surface area contributed by atoms with Crippen molar-refractivity contribution in [3.63, 3.8) is 0 Å². The first-order valence-electron chi connectivity index (χ1n) is 6.57. The van der Waals surface area contributed by atoms with E-state index < -0.39 is 0 Å². The first kappa shape index (κ1) is 15.8. The molecule has 0 amide bonds. The molecule has 0 spiro atoms. The highest BCUT2D eigenvalue weighted by Gasteiger charge is 2.05. The van der Waals surface area contributed by atoms with Crippen LogP contribution in [0.4, 0.5) is 0 Å². The Morgan fingerprint density at radius 3 is 2.74 bits per heavy atom. The first-order valence-corrected chi connectivity index (χ1v) is 6.57. The van der Waals surface area contributed by atoms with Crippen LogP contribution in [0.5, 0.6) is 11.5 Å². The predicted octanol–water partition coefficient (Wildman–Crippen LogP) is 0.765. The lowest BCUT2D eigenvalue weighted by molar-refractivity contribution is 0.196. The summed E-state index contributed by atoms with van der Waals surface area (Å²) < 4.78 is 10.7. The summed E-state index contributed by atoms with van der Waals surface area (Å²) in [7, 11) is 3.57. The molecule has 3 N–H and O–H groups in total. The summed E-state index contributed by atoms with van der Waals surface area (Å²) >= 11 is 0. The van der Waals surface area contributed by atoms with Crippen LogP contribution >= 0.6 is 0 Å². The molecule has 0 aliphatic heterocycles. The maximum Gasteiger partial charge on any atom is 0.161 e. The third-order valence-electron chi connectivity index (χ3n) is 2.69. The van der Waals surface area contributed by atoms with Crippen molar-refractivity contribution in [2.45, 2.75) is 13.0 Å². The molecule has 5 heteroatoms. The van der Waals surface area contributed by atoms with Gasteiger partial charge < -0.3 is 25.2 Å². The second-order valence-electron chi connectivity index (χ2n) is 4.19. The molecule has 0 unspecified atom stereocenters. The molecule has 0 aliphatic carbocycles. The zero-order valence-corrected chi connectivity index (χ0v) is 11.7. The van der Waals surface area contributed by atoms with Gasteiger partial charge in [0.25, 0.3) is 0 Å². The van der Waals surface area contributed by atoms with E-state index in [1.165, 1.54) is 0 Å². The van der Waals surface area contributed by atoms with Crippen molar-refractivity contribution >= 4 is 0 Å². The molecule has 0 bridgehead atoms. The third-order valence-corrected chi connectivity index (χ3v) is 2.69. The van der Waals surface area contributed by atoms with Crippen molar-refractivity contribution in [3.05, 3.63) is 23.8 Å². The summed E-state index contributed by atoms with van der Waals surface area (Å²) in [5.74, 6) is 1.36. The molecule has 19 heavy (non-hydrogen) atoms. The number of benzene rings is 1. The molecular weight excluding hydrogens is 244 g/mol. The van der Waals surface area contributed by atoms with Crippen LogP contribution in [0.2, 0.25) is 0 Å². The highest BCUT2D eigenvalue weighted by Crippen LogP contribution is 2.27. The average molecular weight is 268 g/mol. The molecule has 0 radical (unpaired) electrons. The molecule has 0 aliphatic rings. The smallest absolute Gasteiger partial charge is 0.161 e. The quantitative estimate of drug-likeness (QED) is 0.547. The van der Waals surface area contributed by atoms with E-state index in [9.17, 15) is 0 Å². The summed E-state index contributed by atoms with van der Waals surface area (Å²) in [5, 5.41) is 15.2. The predicted molar refractivity (Wildman–Crippen MR) is 75.8 cm³/mol. The minimum atomic E-state index is -0.00206. The van der Waals surface area contributed by atoms with Gasteiger partial charge in [0, 0.05) is 6.54 Å². The Hall–Kier alpha value is -1.30. The summed E-state index contributed by atoms with van der Waals surface area (Å²) in [4.78, 5) is 0. The fourth-order valence-corrected chi connectivity index (χ4v) is 1.72. The fourth-order valence-electron chi connectivity index (χ4n) is 1.72. The van der Waals surface area contributed by atoms with E-state index in [4.69, 9.17) is 14.6 Å². The first-order chi connectivity index (χ1) is 9.31. The molecule has 0 saturated carbocycles. The molecule has 5 nitrogen and oxygen atoms in total. The fraction of sp³-hybridized carbons (Fsp3) is 0.571. The number of nitrogens with one attached hydrogen (secondary N) is 2. The lowest BCUT2D eigenvalue weighted by Crippen LogP contribution is -2.19. The average Bonchev–Trinajstić information content (AvgIpc) is 2.45. The number of ether oxygens (including phenoxy) is 2. The van der Waals surface area contributed by atoms with Crippen molar-refractivity contribution in [1.29, 1.82) is 0 Å². The highest BCUT2D eigenvalue weighted by atomic mass is 16.5. The van der Waals surface area contributed by atoms with Gasteiger partial charge in [0.2, 0.25) is 0 Å². The SMILES string of the molecule is CNCCCNCc1ccc(OCCO)c(OC)c1. The molecule has 1 aromatic carbocycles. The van der Waals surface area contributed by atoms with Crippen LogP contribution in [0, 0.1) is 0 Å². The normalized spacial score (nSPS) is 10.5. The molecular formula is C14H24N2O3. The number of hydrogen-bond donors (Lipinski definition) is 3. The van der Waals surface area contributed by atoms with E-state index in [1.807, 2.05) is 25.2 Å². The van der Waals surface area contributed by atoms with Gasteiger partial charge in [0.15, 0.2) is 11.5 Å². The van der Waals surface area contributed by atoms with E-state index >= 15 is 0 Å². The lowest BCUT2D eigenvalue weighted by Gasteiger charge is -2.12. The van der Waals surface area contributed by atoms with Gasteiger partial charge >= 0.3 is 0 Å². The number of aliphatic hydroxyl groups is 1.